The monoisotopic (exact) mass is 634 g/mol. The van der Waals surface area contributed by atoms with E-state index in [4.69, 9.17) is 0 Å². The lowest BCUT2D eigenvalue weighted by Crippen LogP contribution is -2.44. The quantitative estimate of drug-likeness (QED) is 0.0553. The van der Waals surface area contributed by atoms with Crippen LogP contribution in [0.15, 0.2) is 103 Å². The number of nitrogens with one attached hydrogen (secondary N) is 1. The fraction of sp³-hybridized carbons (Fsp3) is 0.533. The van der Waals surface area contributed by atoms with Crippen LogP contribution in [0.2, 0.25) is 0 Å². The molecule has 2 nitrogen and oxygen atoms in total. The number of benzene rings is 3. The van der Waals surface area contributed by atoms with Crippen LogP contribution in [0.25, 0.3) is 0 Å². The van der Waals surface area contributed by atoms with Gasteiger partial charge in [-0.15, -0.1) is 0 Å². The van der Waals surface area contributed by atoms with Gasteiger partial charge in [-0.2, -0.15) is 0 Å². The number of aromatic nitrogens is 2. The molecule has 0 saturated carbocycles. The summed E-state index contributed by atoms with van der Waals surface area (Å²) >= 11 is 0. The molecule has 0 aliphatic rings. The minimum atomic E-state index is -0.0407. The van der Waals surface area contributed by atoms with Crippen LogP contribution >= 0.6 is 0 Å². The molecular weight excluding hydrogens is 569 g/mol. The third-order valence-electron chi connectivity index (χ3n) is 10.5. The van der Waals surface area contributed by atoms with Gasteiger partial charge >= 0.3 is 0 Å². The van der Waals surface area contributed by atoms with Crippen LogP contribution < -0.4 is 4.57 Å². The number of hydrogen-bond donors (Lipinski definition) is 1. The van der Waals surface area contributed by atoms with Crippen LogP contribution in [0, 0.1) is 0 Å². The molecule has 0 spiro atoms. The van der Waals surface area contributed by atoms with E-state index in [-0.39, 0.29) is 5.41 Å². The van der Waals surface area contributed by atoms with Crippen molar-refractivity contribution >= 4 is 0 Å². The van der Waals surface area contributed by atoms with Gasteiger partial charge in [0.15, 0.2) is 0 Å². The highest BCUT2D eigenvalue weighted by atomic mass is 15.1. The van der Waals surface area contributed by atoms with Crippen molar-refractivity contribution < 1.29 is 4.57 Å². The molecule has 0 bridgehead atoms. The zero-order chi connectivity index (χ0) is 32.8. The van der Waals surface area contributed by atoms with E-state index in [1.54, 1.807) is 0 Å². The lowest BCUT2D eigenvalue weighted by atomic mass is 9.66. The summed E-state index contributed by atoms with van der Waals surface area (Å²) in [6.07, 6.45) is 30.6. The van der Waals surface area contributed by atoms with Crippen molar-refractivity contribution in [1.82, 2.24) is 4.98 Å². The number of nitrogens with zero attached hydrogens (tertiary/aromatic N) is 1. The van der Waals surface area contributed by atoms with Gasteiger partial charge in [0.2, 0.25) is 0 Å². The van der Waals surface area contributed by atoms with Crippen LogP contribution in [-0.2, 0) is 18.4 Å². The Hall–Kier alpha value is -3.13. The number of H-pyrrole nitrogens is 1. The molecule has 0 aliphatic carbocycles. The predicted molar refractivity (Wildman–Crippen MR) is 202 cm³/mol. The first-order valence-corrected chi connectivity index (χ1v) is 19.4. The van der Waals surface area contributed by atoms with Crippen molar-refractivity contribution in [3.05, 3.63) is 126 Å². The van der Waals surface area contributed by atoms with E-state index < -0.39 is 0 Å². The fourth-order valence-electron chi connectivity index (χ4n) is 7.69. The Morgan fingerprint density at radius 1 is 0.553 bits per heavy atom. The molecule has 47 heavy (non-hydrogen) atoms. The molecule has 0 saturated heterocycles. The molecule has 1 aromatic heterocycles. The number of hydrogen-bond acceptors (Lipinski definition) is 0. The zero-order valence-electron chi connectivity index (χ0n) is 30.0. The van der Waals surface area contributed by atoms with Gasteiger partial charge in [-0.3, -0.25) is 0 Å². The Labute approximate surface area is 288 Å². The van der Waals surface area contributed by atoms with Gasteiger partial charge in [-0.05, 0) is 29.5 Å². The summed E-state index contributed by atoms with van der Waals surface area (Å²) in [5.41, 5.74) is 4.15. The Balaban J connectivity index is 1.30. The summed E-state index contributed by atoms with van der Waals surface area (Å²) in [4.78, 5) is 3.76. The van der Waals surface area contributed by atoms with Crippen LogP contribution in [0.4, 0.5) is 0 Å². The molecule has 3 aromatic carbocycles. The maximum Gasteiger partial charge on any atom is 0.258 e. The lowest BCUT2D eigenvalue weighted by Gasteiger charge is -2.37. The number of unbranched alkanes of at least 4 members (excludes halogenated alkanes) is 16. The minimum absolute atomic E-state index is 0.0407. The lowest BCUT2D eigenvalue weighted by molar-refractivity contribution is -0.696. The summed E-state index contributed by atoms with van der Waals surface area (Å²) in [5.74, 6) is 1.73. The van der Waals surface area contributed by atoms with E-state index in [0.717, 1.165) is 13.0 Å². The molecule has 0 radical (unpaired) electrons. The smallest absolute Gasteiger partial charge is 0.247 e. The Morgan fingerprint density at radius 2 is 1.00 bits per heavy atom. The Morgan fingerprint density at radius 3 is 1.51 bits per heavy atom. The summed E-state index contributed by atoms with van der Waals surface area (Å²) in [6.45, 7) is 5.71. The molecular formula is C45H65N2+. The maximum absolute atomic E-state index is 3.76. The first-order valence-electron chi connectivity index (χ1n) is 19.4. The fourth-order valence-corrected chi connectivity index (χ4v) is 7.69. The second-order valence-electron chi connectivity index (χ2n) is 14.4. The summed E-state index contributed by atoms with van der Waals surface area (Å²) < 4.78 is 2.47. The van der Waals surface area contributed by atoms with Crippen molar-refractivity contribution in [3.8, 4) is 0 Å². The minimum Gasteiger partial charge on any atom is -0.247 e. The van der Waals surface area contributed by atoms with Gasteiger partial charge in [0, 0.05) is 5.41 Å². The summed E-state index contributed by atoms with van der Waals surface area (Å²) in [5, 5.41) is 0. The molecule has 254 valence electrons. The molecule has 0 amide bonds. The van der Waals surface area contributed by atoms with Crippen LogP contribution in [-0.4, -0.2) is 4.98 Å². The Kier molecular flexibility index (Phi) is 16.9. The third-order valence-corrected chi connectivity index (χ3v) is 10.5. The van der Waals surface area contributed by atoms with Crippen LogP contribution in [0.5, 0.6) is 0 Å². The van der Waals surface area contributed by atoms with Crippen molar-refractivity contribution in [3.63, 3.8) is 0 Å². The highest BCUT2D eigenvalue weighted by Crippen LogP contribution is 2.43. The zero-order valence-corrected chi connectivity index (χ0v) is 30.0. The van der Waals surface area contributed by atoms with Crippen molar-refractivity contribution in [1.29, 1.82) is 0 Å². The van der Waals surface area contributed by atoms with Crippen molar-refractivity contribution in [2.45, 2.75) is 154 Å². The van der Waals surface area contributed by atoms with E-state index in [9.17, 15) is 0 Å². The van der Waals surface area contributed by atoms with Crippen LogP contribution in [0.3, 0.4) is 0 Å². The van der Waals surface area contributed by atoms with E-state index in [1.807, 2.05) is 0 Å². The molecule has 2 unspecified atom stereocenters. The van der Waals surface area contributed by atoms with Gasteiger partial charge in [-0.1, -0.05) is 214 Å². The van der Waals surface area contributed by atoms with E-state index >= 15 is 0 Å². The van der Waals surface area contributed by atoms with Gasteiger partial charge in [0.1, 0.15) is 18.9 Å². The second kappa shape index (κ2) is 21.7. The predicted octanol–water partition coefficient (Wildman–Crippen LogP) is 12.7. The molecule has 2 heteroatoms. The third kappa shape index (κ3) is 12.8. The highest BCUT2D eigenvalue weighted by molar-refractivity contribution is 5.32. The molecule has 1 N–H and O–H groups in total. The standard InChI is InChI=1S/C45H64N2/c1-3-4-5-6-7-8-9-10-11-12-13-14-15-16-17-18-28-35-43(44-46-36-37-47(44)39-41-31-24-20-25-32-41)45(2,42-33-26-21-27-34-42)38-40-29-22-19-23-30-40/h19-27,29-34,36-37,43H,3-18,28,35,38-39H2,1-2H3/p+1. The molecule has 0 fully saturated rings. The van der Waals surface area contributed by atoms with E-state index in [0.29, 0.717) is 5.92 Å². The summed E-state index contributed by atoms with van der Waals surface area (Å²) in [7, 11) is 0. The topological polar surface area (TPSA) is 19.7 Å². The van der Waals surface area contributed by atoms with Gasteiger partial charge in [0.25, 0.3) is 5.82 Å². The Bertz CT molecular complexity index is 1310. The molecule has 4 rings (SSSR count). The first-order chi connectivity index (χ1) is 23.2. The van der Waals surface area contributed by atoms with E-state index in [2.05, 4.69) is 127 Å². The molecule has 0 aliphatic heterocycles. The normalized spacial score (nSPS) is 13.4. The average molecular weight is 634 g/mol. The molecule has 1 heterocycles. The second-order valence-corrected chi connectivity index (χ2v) is 14.4. The number of imidazole rings is 1. The number of aromatic amines is 1. The van der Waals surface area contributed by atoms with Gasteiger partial charge < -0.3 is 0 Å². The molecule has 2 atom stereocenters. The largest absolute Gasteiger partial charge is 0.258 e. The summed E-state index contributed by atoms with van der Waals surface area (Å²) in [6, 6.07) is 33.3. The van der Waals surface area contributed by atoms with Crippen LogP contribution in [0.1, 0.15) is 158 Å². The maximum atomic E-state index is 3.76. The van der Waals surface area contributed by atoms with E-state index in [1.165, 1.54) is 138 Å². The SMILES string of the molecule is CCCCCCCCCCCCCCCCCCCC(c1[nH]cc[n+]1Cc1ccccc1)C(C)(Cc1ccccc1)c1ccccc1. The van der Waals surface area contributed by atoms with Crippen molar-refractivity contribution in [2.75, 3.05) is 0 Å². The van der Waals surface area contributed by atoms with Gasteiger partial charge in [-0.25, -0.2) is 9.55 Å². The number of rotatable bonds is 25. The first kappa shape index (κ1) is 36.7. The molecule has 4 aromatic rings. The van der Waals surface area contributed by atoms with Gasteiger partial charge in [0.05, 0.1) is 5.92 Å². The van der Waals surface area contributed by atoms with Crippen molar-refractivity contribution in [2.24, 2.45) is 0 Å². The highest BCUT2D eigenvalue weighted by Gasteiger charge is 2.42. The average Bonchev–Trinajstić information content (AvgIpc) is 3.56.